The summed E-state index contributed by atoms with van der Waals surface area (Å²) in [5, 5.41) is 0. The van der Waals surface area contributed by atoms with Crippen LogP contribution in [0, 0.1) is 0 Å². The summed E-state index contributed by atoms with van der Waals surface area (Å²) in [4.78, 5) is 13.0. The van der Waals surface area contributed by atoms with E-state index in [0.717, 1.165) is 21.7 Å². The Morgan fingerprint density at radius 2 is 1.56 bits per heavy atom. The number of thioether (sulfide) groups is 1. The van der Waals surface area contributed by atoms with E-state index in [0.29, 0.717) is 6.42 Å². The topological polar surface area (TPSA) is 17.1 Å². The molecule has 0 atom stereocenters. The maximum Gasteiger partial charge on any atom is 0.124 e. The monoisotopic (exact) mass is 254 g/mol. The Labute approximate surface area is 112 Å². The van der Waals surface area contributed by atoms with Gasteiger partial charge in [0.05, 0.1) is 0 Å². The third kappa shape index (κ3) is 3.90. The Morgan fingerprint density at radius 3 is 2.17 bits per heavy atom. The van der Waals surface area contributed by atoms with Crippen molar-refractivity contribution in [2.75, 3.05) is 0 Å². The van der Waals surface area contributed by atoms with Crippen LogP contribution in [0.4, 0.5) is 0 Å². The normalized spacial score (nSPS) is 11.2. The van der Waals surface area contributed by atoms with Crippen molar-refractivity contribution >= 4 is 24.1 Å². The van der Waals surface area contributed by atoms with Crippen molar-refractivity contribution in [1.29, 1.82) is 0 Å². The molecule has 0 fully saturated rings. The minimum absolute atomic E-state index is 0.453. The van der Waals surface area contributed by atoms with Gasteiger partial charge in [-0.1, -0.05) is 60.3 Å². The fourth-order valence-electron chi connectivity index (χ4n) is 1.59. The first-order valence-corrected chi connectivity index (χ1v) is 6.62. The molecule has 2 aromatic carbocycles. The molecule has 0 aliphatic carbocycles. The number of carbonyl (C=O) groups excluding carboxylic acids is 1. The van der Waals surface area contributed by atoms with Crippen molar-refractivity contribution in [2.45, 2.75) is 11.3 Å². The number of hydrogen-bond donors (Lipinski definition) is 0. The summed E-state index contributed by atoms with van der Waals surface area (Å²) in [6, 6.07) is 20.2. The molecule has 0 aromatic heterocycles. The maximum absolute atomic E-state index is 10.7. The van der Waals surface area contributed by atoms with Crippen molar-refractivity contribution in [2.24, 2.45) is 0 Å². The van der Waals surface area contributed by atoms with Gasteiger partial charge in [0, 0.05) is 11.3 Å². The molecular weight excluding hydrogens is 240 g/mol. The standard InChI is InChI=1S/C16H14OS/c17-12-11-16(13-14-7-3-1-4-8-14)18-15-9-5-2-6-10-15/h1-10,12-13H,11H2/b16-13+. The van der Waals surface area contributed by atoms with Crippen LogP contribution in [0.25, 0.3) is 6.08 Å². The molecule has 0 saturated carbocycles. The van der Waals surface area contributed by atoms with Gasteiger partial charge in [-0.3, -0.25) is 0 Å². The van der Waals surface area contributed by atoms with E-state index in [2.05, 4.69) is 6.08 Å². The molecule has 18 heavy (non-hydrogen) atoms. The molecule has 2 rings (SSSR count). The van der Waals surface area contributed by atoms with Gasteiger partial charge in [-0.25, -0.2) is 0 Å². The average Bonchev–Trinajstić information content (AvgIpc) is 2.41. The van der Waals surface area contributed by atoms with E-state index in [-0.39, 0.29) is 0 Å². The van der Waals surface area contributed by atoms with Crippen LogP contribution in [-0.2, 0) is 4.79 Å². The molecule has 90 valence electrons. The zero-order valence-electron chi connectivity index (χ0n) is 9.95. The van der Waals surface area contributed by atoms with Crippen LogP contribution in [0.15, 0.2) is 70.5 Å². The van der Waals surface area contributed by atoms with Crippen LogP contribution < -0.4 is 0 Å². The zero-order chi connectivity index (χ0) is 12.6. The van der Waals surface area contributed by atoms with Crippen LogP contribution in [0.5, 0.6) is 0 Å². The van der Waals surface area contributed by atoms with E-state index in [1.54, 1.807) is 11.8 Å². The van der Waals surface area contributed by atoms with E-state index in [1.165, 1.54) is 0 Å². The largest absolute Gasteiger partial charge is 0.303 e. The van der Waals surface area contributed by atoms with E-state index < -0.39 is 0 Å². The summed E-state index contributed by atoms with van der Waals surface area (Å²) >= 11 is 1.64. The first-order chi connectivity index (χ1) is 8.88. The Kier molecular flexibility index (Phi) is 4.79. The fraction of sp³-hybridized carbons (Fsp3) is 0.0625. The lowest BCUT2D eigenvalue weighted by molar-refractivity contribution is -0.107. The lowest BCUT2D eigenvalue weighted by Crippen LogP contribution is -1.81. The van der Waals surface area contributed by atoms with Gasteiger partial charge in [0.2, 0.25) is 0 Å². The molecule has 2 aromatic rings. The van der Waals surface area contributed by atoms with Crippen molar-refractivity contribution in [3.05, 3.63) is 71.1 Å². The Bertz CT molecular complexity index is 517. The first kappa shape index (κ1) is 12.7. The molecule has 0 aliphatic rings. The minimum Gasteiger partial charge on any atom is -0.303 e. The lowest BCUT2D eigenvalue weighted by Gasteiger charge is -2.04. The van der Waals surface area contributed by atoms with Crippen LogP contribution in [0.2, 0.25) is 0 Å². The van der Waals surface area contributed by atoms with E-state index in [9.17, 15) is 4.79 Å². The highest BCUT2D eigenvalue weighted by atomic mass is 32.2. The molecule has 0 radical (unpaired) electrons. The highest BCUT2D eigenvalue weighted by molar-refractivity contribution is 8.03. The van der Waals surface area contributed by atoms with E-state index in [1.807, 2.05) is 60.7 Å². The molecule has 0 spiro atoms. The number of aldehydes is 1. The number of allylic oxidation sites excluding steroid dienone is 1. The highest BCUT2D eigenvalue weighted by Gasteiger charge is 2.00. The quantitative estimate of drug-likeness (QED) is 0.580. The number of hydrogen-bond acceptors (Lipinski definition) is 2. The van der Waals surface area contributed by atoms with Crippen LogP contribution in [0.1, 0.15) is 12.0 Å². The van der Waals surface area contributed by atoms with Gasteiger partial charge in [0.15, 0.2) is 0 Å². The second-order valence-corrected chi connectivity index (χ2v) is 5.01. The predicted octanol–water partition coefficient (Wildman–Crippen LogP) is 4.41. The summed E-state index contributed by atoms with van der Waals surface area (Å²) in [7, 11) is 0. The van der Waals surface area contributed by atoms with Gasteiger partial charge in [-0.15, -0.1) is 0 Å². The van der Waals surface area contributed by atoms with Crippen molar-refractivity contribution in [3.63, 3.8) is 0 Å². The highest BCUT2D eigenvalue weighted by Crippen LogP contribution is 2.29. The second-order valence-electron chi connectivity index (χ2n) is 3.81. The summed E-state index contributed by atoms with van der Waals surface area (Å²) in [5.41, 5.74) is 1.12. The fourth-order valence-corrected chi connectivity index (χ4v) is 2.53. The lowest BCUT2D eigenvalue weighted by atomic mass is 10.2. The van der Waals surface area contributed by atoms with Gasteiger partial charge < -0.3 is 4.79 Å². The van der Waals surface area contributed by atoms with Gasteiger partial charge in [-0.05, 0) is 28.7 Å². The molecule has 0 amide bonds. The SMILES string of the molecule is O=CC/C(=C\c1ccccc1)Sc1ccccc1. The van der Waals surface area contributed by atoms with Gasteiger partial charge in [-0.2, -0.15) is 0 Å². The van der Waals surface area contributed by atoms with Gasteiger partial charge in [0.1, 0.15) is 6.29 Å². The Balaban J connectivity index is 2.18. The Morgan fingerprint density at radius 1 is 0.944 bits per heavy atom. The van der Waals surface area contributed by atoms with Crippen LogP contribution in [-0.4, -0.2) is 6.29 Å². The molecule has 0 N–H and O–H groups in total. The molecule has 0 bridgehead atoms. The number of benzene rings is 2. The number of rotatable bonds is 5. The summed E-state index contributed by atoms with van der Waals surface area (Å²) < 4.78 is 0. The molecule has 2 heteroatoms. The third-order valence-electron chi connectivity index (χ3n) is 2.40. The van der Waals surface area contributed by atoms with Crippen molar-refractivity contribution in [1.82, 2.24) is 0 Å². The minimum atomic E-state index is 0.453. The Hall–Kier alpha value is -1.80. The predicted molar refractivity (Wildman–Crippen MR) is 77.4 cm³/mol. The summed E-state index contributed by atoms with van der Waals surface area (Å²) in [6.07, 6.45) is 3.46. The van der Waals surface area contributed by atoms with E-state index >= 15 is 0 Å². The van der Waals surface area contributed by atoms with Crippen LogP contribution >= 0.6 is 11.8 Å². The molecule has 0 unspecified atom stereocenters. The zero-order valence-corrected chi connectivity index (χ0v) is 10.8. The molecule has 0 heterocycles. The molecule has 0 saturated heterocycles. The summed E-state index contributed by atoms with van der Waals surface area (Å²) in [6.45, 7) is 0. The average molecular weight is 254 g/mol. The molecular formula is C16H14OS. The van der Waals surface area contributed by atoms with E-state index in [4.69, 9.17) is 0 Å². The second kappa shape index (κ2) is 6.82. The summed E-state index contributed by atoms with van der Waals surface area (Å²) in [5.74, 6) is 0. The van der Waals surface area contributed by atoms with Crippen LogP contribution in [0.3, 0.4) is 0 Å². The first-order valence-electron chi connectivity index (χ1n) is 5.80. The van der Waals surface area contributed by atoms with Crippen molar-refractivity contribution < 1.29 is 4.79 Å². The van der Waals surface area contributed by atoms with Gasteiger partial charge >= 0.3 is 0 Å². The number of carbonyl (C=O) groups is 1. The smallest absolute Gasteiger partial charge is 0.124 e. The third-order valence-corrected chi connectivity index (χ3v) is 3.46. The van der Waals surface area contributed by atoms with Crippen molar-refractivity contribution in [3.8, 4) is 0 Å². The molecule has 0 aliphatic heterocycles. The molecule has 1 nitrogen and oxygen atoms in total. The maximum atomic E-state index is 10.7. The van der Waals surface area contributed by atoms with Gasteiger partial charge in [0.25, 0.3) is 0 Å².